The summed E-state index contributed by atoms with van der Waals surface area (Å²) in [6.07, 6.45) is 0.185. The maximum Gasteiger partial charge on any atom is 0.410 e. The molecule has 234 valence electrons. The van der Waals surface area contributed by atoms with Crippen LogP contribution in [0.2, 0.25) is 5.02 Å². The molecule has 1 aliphatic carbocycles. The van der Waals surface area contributed by atoms with E-state index in [9.17, 15) is 18.8 Å². The molecule has 10 nitrogen and oxygen atoms in total. The van der Waals surface area contributed by atoms with Crippen LogP contribution in [-0.2, 0) is 4.74 Å². The molecule has 0 spiro atoms. The highest BCUT2D eigenvalue weighted by Crippen LogP contribution is 2.46. The summed E-state index contributed by atoms with van der Waals surface area (Å²) in [6.45, 7) is 7.72. The number of likely N-dealkylation sites (tertiary alicyclic amines) is 1. The van der Waals surface area contributed by atoms with Crippen molar-refractivity contribution >= 4 is 50.3 Å². The molecule has 0 radical (unpaired) electrons. The number of aromatic nitrogens is 2. The van der Waals surface area contributed by atoms with Gasteiger partial charge in [-0.25, -0.2) is 13.6 Å². The summed E-state index contributed by atoms with van der Waals surface area (Å²) >= 11 is 10.1. The number of hydrogen-bond acceptors (Lipinski definition) is 9. The summed E-state index contributed by atoms with van der Waals surface area (Å²) in [6, 6.07) is 3.75. The van der Waals surface area contributed by atoms with Gasteiger partial charge in [0.1, 0.15) is 29.6 Å². The SMILES string of the molecule is CN1CCCC1COc1nc(N2CCN(C(=O)OC(C)(C)C)C(CC#N)C2)c2cc(Cl)c(Br)c(OC3CC(F)(F)C3)c2n1. The predicted octanol–water partition coefficient (Wildman–Crippen LogP) is 6.03. The summed E-state index contributed by atoms with van der Waals surface area (Å²) in [5.74, 6) is -2.03. The number of benzene rings is 1. The van der Waals surface area contributed by atoms with Gasteiger partial charge in [-0.15, -0.1) is 0 Å². The number of hydrogen-bond donors (Lipinski definition) is 0. The third-order valence-electron chi connectivity index (χ3n) is 7.95. The molecule has 5 rings (SSSR count). The Balaban J connectivity index is 1.52. The number of nitrogens with zero attached hydrogens (tertiary/aromatic N) is 6. The second kappa shape index (κ2) is 12.4. The van der Waals surface area contributed by atoms with Crippen molar-refractivity contribution in [1.29, 1.82) is 5.26 Å². The Bertz CT molecular complexity index is 1410. The Morgan fingerprint density at radius 1 is 1.23 bits per heavy atom. The molecule has 2 unspecified atom stereocenters. The molecule has 3 heterocycles. The van der Waals surface area contributed by atoms with Crippen molar-refractivity contribution in [3.63, 3.8) is 0 Å². The van der Waals surface area contributed by atoms with Crippen molar-refractivity contribution in [3.8, 4) is 17.8 Å². The zero-order valence-corrected chi connectivity index (χ0v) is 27.1. The van der Waals surface area contributed by atoms with Gasteiger partial charge in [-0.2, -0.15) is 15.2 Å². The molecule has 14 heteroatoms. The van der Waals surface area contributed by atoms with Gasteiger partial charge in [0.2, 0.25) is 0 Å². The van der Waals surface area contributed by atoms with E-state index < -0.39 is 42.6 Å². The second-order valence-electron chi connectivity index (χ2n) is 12.5. The van der Waals surface area contributed by atoms with Crippen LogP contribution in [0.5, 0.6) is 11.8 Å². The second-order valence-corrected chi connectivity index (χ2v) is 13.7. The maximum atomic E-state index is 13.7. The number of halogens is 4. The molecule has 0 bridgehead atoms. The summed E-state index contributed by atoms with van der Waals surface area (Å²) in [7, 11) is 2.05. The van der Waals surface area contributed by atoms with Crippen LogP contribution < -0.4 is 14.4 Å². The lowest BCUT2D eigenvalue weighted by molar-refractivity contribution is -0.134. The normalized spacial score (nSPS) is 22.8. The number of rotatable bonds is 7. The van der Waals surface area contributed by atoms with Crippen molar-refractivity contribution in [2.75, 3.05) is 44.7 Å². The van der Waals surface area contributed by atoms with E-state index in [4.69, 9.17) is 30.8 Å². The average Bonchev–Trinajstić information content (AvgIpc) is 3.32. The number of piperazine rings is 1. The Kier molecular flexibility index (Phi) is 9.12. The number of carbonyl (C=O) groups excluding carboxylic acids is 1. The van der Waals surface area contributed by atoms with Crippen LogP contribution in [-0.4, -0.2) is 95.4 Å². The van der Waals surface area contributed by atoms with Crippen LogP contribution >= 0.6 is 27.5 Å². The highest BCUT2D eigenvalue weighted by molar-refractivity contribution is 9.10. The molecule has 2 atom stereocenters. The lowest BCUT2D eigenvalue weighted by atomic mass is 9.91. The average molecular weight is 686 g/mol. The van der Waals surface area contributed by atoms with E-state index in [2.05, 4.69) is 31.9 Å². The number of ether oxygens (including phenoxy) is 3. The minimum Gasteiger partial charge on any atom is -0.486 e. The van der Waals surface area contributed by atoms with E-state index in [1.165, 1.54) is 0 Å². The van der Waals surface area contributed by atoms with Gasteiger partial charge in [0, 0.05) is 43.9 Å². The van der Waals surface area contributed by atoms with Crippen LogP contribution in [0.25, 0.3) is 10.9 Å². The molecular weight excluding hydrogens is 650 g/mol. The van der Waals surface area contributed by atoms with E-state index in [0.717, 1.165) is 19.4 Å². The Labute approximate surface area is 263 Å². The Hall–Kier alpha value is -2.69. The van der Waals surface area contributed by atoms with Crippen LogP contribution in [0.15, 0.2) is 10.5 Å². The molecule has 3 fully saturated rings. The Morgan fingerprint density at radius 2 is 1.98 bits per heavy atom. The first-order chi connectivity index (χ1) is 20.2. The van der Waals surface area contributed by atoms with Gasteiger partial charge in [-0.1, -0.05) is 11.6 Å². The molecular formula is C29H36BrClF2N6O4. The maximum absolute atomic E-state index is 13.7. The van der Waals surface area contributed by atoms with Crippen molar-refractivity contribution in [2.45, 2.75) is 82.6 Å². The molecule has 2 aromatic rings. The summed E-state index contributed by atoms with van der Waals surface area (Å²) in [4.78, 5) is 28.2. The van der Waals surface area contributed by atoms with E-state index in [1.807, 2.05) is 11.9 Å². The fourth-order valence-corrected chi connectivity index (χ4v) is 6.26. The van der Waals surface area contributed by atoms with Gasteiger partial charge in [0.15, 0.2) is 5.75 Å². The Morgan fingerprint density at radius 3 is 2.60 bits per heavy atom. The molecule has 1 aromatic carbocycles. The number of alkyl halides is 2. The van der Waals surface area contributed by atoms with Gasteiger partial charge in [-0.05, 0) is 69.2 Å². The molecule has 2 saturated heterocycles. The van der Waals surface area contributed by atoms with E-state index in [0.29, 0.717) is 52.5 Å². The minimum absolute atomic E-state index is 0.0900. The lowest BCUT2D eigenvalue weighted by Crippen LogP contribution is -2.56. The monoisotopic (exact) mass is 684 g/mol. The van der Waals surface area contributed by atoms with Gasteiger partial charge < -0.3 is 28.9 Å². The third kappa shape index (κ3) is 7.18. The van der Waals surface area contributed by atoms with E-state index in [1.54, 1.807) is 31.7 Å². The largest absolute Gasteiger partial charge is 0.486 e. The number of anilines is 1. The topological polar surface area (TPSA) is 104 Å². The van der Waals surface area contributed by atoms with Gasteiger partial charge >= 0.3 is 12.1 Å². The third-order valence-corrected chi connectivity index (χ3v) is 9.26. The molecule has 1 saturated carbocycles. The fraction of sp³-hybridized carbons (Fsp3) is 0.655. The minimum atomic E-state index is -2.77. The number of likely N-dealkylation sites (N-methyl/N-ethyl adjacent to an activating group) is 1. The highest BCUT2D eigenvalue weighted by atomic mass is 79.9. The number of fused-ring (bicyclic) bond motifs is 1. The van der Waals surface area contributed by atoms with E-state index >= 15 is 0 Å². The fourth-order valence-electron chi connectivity index (χ4n) is 5.66. The highest BCUT2D eigenvalue weighted by Gasteiger charge is 2.47. The summed E-state index contributed by atoms with van der Waals surface area (Å²) in [5.41, 5.74) is -0.309. The summed E-state index contributed by atoms with van der Waals surface area (Å²) in [5, 5.41) is 10.4. The number of carbonyl (C=O) groups is 1. The summed E-state index contributed by atoms with van der Waals surface area (Å²) < 4.78 is 45.6. The first kappa shape index (κ1) is 31.7. The van der Waals surface area contributed by atoms with Crippen molar-refractivity contribution in [3.05, 3.63) is 15.6 Å². The van der Waals surface area contributed by atoms with Crippen LogP contribution in [0.1, 0.15) is 52.9 Å². The van der Waals surface area contributed by atoms with Crippen molar-refractivity contribution in [1.82, 2.24) is 19.8 Å². The smallest absolute Gasteiger partial charge is 0.410 e. The molecule has 1 aromatic heterocycles. The predicted molar refractivity (Wildman–Crippen MR) is 161 cm³/mol. The van der Waals surface area contributed by atoms with Crippen molar-refractivity contribution in [2.24, 2.45) is 0 Å². The first-order valence-corrected chi connectivity index (χ1v) is 15.6. The standard InChI is InChI=1S/C29H36BrClF2N6O4/c1-28(2,3)43-27(40)39-11-10-38(15-17(39)7-8-34)25-20-12-21(31)22(30)24(42-19-13-29(32,33)14-19)23(20)35-26(36-25)41-16-18-6-5-9-37(18)4/h12,17-19H,5-7,9-11,13-16H2,1-4H3. The number of nitriles is 1. The van der Waals surface area contributed by atoms with Gasteiger partial charge in [-0.3, -0.25) is 0 Å². The lowest BCUT2D eigenvalue weighted by Gasteiger charge is -2.41. The van der Waals surface area contributed by atoms with Gasteiger partial charge in [0.05, 0.1) is 28.0 Å². The van der Waals surface area contributed by atoms with Crippen LogP contribution in [0, 0.1) is 11.3 Å². The molecule has 3 aliphatic rings. The molecule has 2 aliphatic heterocycles. The zero-order chi connectivity index (χ0) is 31.1. The molecule has 43 heavy (non-hydrogen) atoms. The van der Waals surface area contributed by atoms with Crippen LogP contribution in [0.4, 0.5) is 19.4 Å². The molecule has 0 N–H and O–H groups in total. The number of amides is 1. The van der Waals surface area contributed by atoms with Gasteiger partial charge in [0.25, 0.3) is 5.92 Å². The molecule has 1 amide bonds. The van der Waals surface area contributed by atoms with Crippen LogP contribution in [0.3, 0.4) is 0 Å². The zero-order valence-electron chi connectivity index (χ0n) is 24.7. The van der Waals surface area contributed by atoms with Crippen molar-refractivity contribution < 1.29 is 27.8 Å². The van der Waals surface area contributed by atoms with E-state index in [-0.39, 0.29) is 24.2 Å². The quantitative estimate of drug-likeness (QED) is 0.345. The first-order valence-electron chi connectivity index (χ1n) is 14.4.